The Morgan fingerprint density at radius 3 is 2.28 bits per heavy atom. The Bertz CT molecular complexity index is 845. The van der Waals surface area contributed by atoms with E-state index in [-0.39, 0.29) is 30.3 Å². The molecule has 3 rings (SSSR count). The van der Waals surface area contributed by atoms with Gasteiger partial charge >= 0.3 is 0 Å². The molecule has 1 saturated carbocycles. The summed E-state index contributed by atoms with van der Waals surface area (Å²) in [5.74, 6) is -2.84. The van der Waals surface area contributed by atoms with Crippen LogP contribution in [0.4, 0.5) is 19.6 Å². The van der Waals surface area contributed by atoms with E-state index in [0.717, 1.165) is 44.2 Å². The Morgan fingerprint density at radius 2 is 1.72 bits per heavy atom. The summed E-state index contributed by atoms with van der Waals surface area (Å²) in [6, 6.07) is 2.03. The average Bonchev–Trinajstić information content (AvgIpc) is 3.14. The van der Waals surface area contributed by atoms with Gasteiger partial charge in [0.15, 0.2) is 22.5 Å². The lowest BCUT2D eigenvalue weighted by molar-refractivity contribution is -0.122. The van der Waals surface area contributed by atoms with Gasteiger partial charge < -0.3 is 15.4 Å². The molecule has 1 aliphatic carbocycles. The molecule has 1 aliphatic rings. The standard InChI is InChI=1S/C20H23F2N3O3S/c1-28-18-14(21)9-13(10-15(18)22)24-16(26)11-20(5-3-2-4-6-20)12-17(27)25-19-23-7-8-29-19/h7-10H,2-6,11-12H2,1H3,(H,24,26)(H,23,25,27). The molecule has 0 spiro atoms. The number of anilines is 2. The number of ether oxygens (including phenoxy) is 1. The Labute approximate surface area is 171 Å². The Balaban J connectivity index is 1.68. The van der Waals surface area contributed by atoms with Crippen LogP contribution in [0.1, 0.15) is 44.9 Å². The minimum absolute atomic E-state index is 0.0176. The summed E-state index contributed by atoms with van der Waals surface area (Å²) in [6.07, 6.45) is 6.34. The fraction of sp³-hybridized carbons (Fsp3) is 0.450. The molecule has 0 atom stereocenters. The smallest absolute Gasteiger partial charge is 0.226 e. The maximum absolute atomic E-state index is 13.9. The van der Waals surface area contributed by atoms with Gasteiger partial charge in [0.05, 0.1) is 7.11 Å². The van der Waals surface area contributed by atoms with Crippen molar-refractivity contribution in [1.29, 1.82) is 0 Å². The summed E-state index contributed by atoms with van der Waals surface area (Å²) in [6.45, 7) is 0. The first-order valence-corrected chi connectivity index (χ1v) is 10.3. The van der Waals surface area contributed by atoms with Crippen molar-refractivity contribution in [3.63, 3.8) is 0 Å². The molecule has 2 N–H and O–H groups in total. The first kappa shape index (κ1) is 21.2. The topological polar surface area (TPSA) is 80.3 Å². The van der Waals surface area contributed by atoms with E-state index < -0.39 is 22.8 Å². The fourth-order valence-electron chi connectivity index (χ4n) is 3.88. The summed E-state index contributed by atoms with van der Waals surface area (Å²) in [7, 11) is 1.17. The summed E-state index contributed by atoms with van der Waals surface area (Å²) in [5.41, 5.74) is -0.461. The number of nitrogens with one attached hydrogen (secondary N) is 2. The third kappa shape index (κ3) is 5.50. The summed E-state index contributed by atoms with van der Waals surface area (Å²) in [5, 5.41) is 7.61. The van der Waals surface area contributed by atoms with Gasteiger partial charge in [0.2, 0.25) is 11.8 Å². The Kier molecular flexibility index (Phi) is 6.79. The van der Waals surface area contributed by atoms with Crippen molar-refractivity contribution in [1.82, 2.24) is 4.98 Å². The van der Waals surface area contributed by atoms with E-state index in [0.29, 0.717) is 5.13 Å². The van der Waals surface area contributed by atoms with Crippen molar-refractivity contribution in [3.8, 4) is 5.75 Å². The lowest BCUT2D eigenvalue weighted by Crippen LogP contribution is -2.34. The number of benzene rings is 1. The van der Waals surface area contributed by atoms with Crippen molar-refractivity contribution in [2.24, 2.45) is 5.41 Å². The third-order valence-corrected chi connectivity index (χ3v) is 5.84. The molecule has 6 nitrogen and oxygen atoms in total. The van der Waals surface area contributed by atoms with Crippen LogP contribution < -0.4 is 15.4 Å². The number of nitrogens with zero attached hydrogens (tertiary/aromatic N) is 1. The Morgan fingerprint density at radius 1 is 1.10 bits per heavy atom. The largest absolute Gasteiger partial charge is 0.491 e. The number of halogens is 2. The van der Waals surface area contributed by atoms with Gasteiger partial charge in [0.25, 0.3) is 0 Å². The van der Waals surface area contributed by atoms with E-state index >= 15 is 0 Å². The quantitative estimate of drug-likeness (QED) is 0.674. The van der Waals surface area contributed by atoms with Crippen LogP contribution in [0.2, 0.25) is 0 Å². The maximum atomic E-state index is 13.9. The highest BCUT2D eigenvalue weighted by atomic mass is 32.1. The molecule has 9 heteroatoms. The van der Waals surface area contributed by atoms with Gasteiger partial charge in [-0.1, -0.05) is 19.3 Å². The highest BCUT2D eigenvalue weighted by Crippen LogP contribution is 2.43. The maximum Gasteiger partial charge on any atom is 0.226 e. The molecule has 0 unspecified atom stereocenters. The predicted octanol–water partition coefficient (Wildman–Crippen LogP) is 4.74. The first-order chi connectivity index (χ1) is 13.9. The van der Waals surface area contributed by atoms with Crippen molar-refractivity contribution < 1.29 is 23.1 Å². The molecule has 156 valence electrons. The van der Waals surface area contributed by atoms with Crippen molar-refractivity contribution in [3.05, 3.63) is 35.3 Å². The van der Waals surface area contributed by atoms with Gasteiger partial charge in [0, 0.05) is 42.2 Å². The van der Waals surface area contributed by atoms with Crippen LogP contribution in [-0.4, -0.2) is 23.9 Å². The summed E-state index contributed by atoms with van der Waals surface area (Å²) >= 11 is 1.33. The molecule has 0 saturated heterocycles. The molecule has 0 aliphatic heterocycles. The second-order valence-electron chi connectivity index (χ2n) is 7.32. The zero-order chi connectivity index (χ0) is 20.9. The normalized spacial score (nSPS) is 15.6. The minimum Gasteiger partial charge on any atom is -0.491 e. The van der Waals surface area contributed by atoms with Crippen LogP contribution in [0.25, 0.3) is 0 Å². The Hall–Kier alpha value is -2.55. The second-order valence-corrected chi connectivity index (χ2v) is 8.22. The van der Waals surface area contributed by atoms with Crippen LogP contribution in [0.5, 0.6) is 5.75 Å². The molecule has 0 bridgehead atoms. The number of carbonyl (C=O) groups is 2. The molecule has 0 radical (unpaired) electrons. The molecule has 1 aromatic carbocycles. The number of hydrogen-bond donors (Lipinski definition) is 2. The van der Waals surface area contributed by atoms with Crippen LogP contribution in [0, 0.1) is 17.0 Å². The molecule has 1 heterocycles. The van der Waals surface area contributed by atoms with Gasteiger partial charge in [-0.15, -0.1) is 11.3 Å². The predicted molar refractivity (Wildman–Crippen MR) is 107 cm³/mol. The van der Waals surface area contributed by atoms with Gasteiger partial charge in [-0.05, 0) is 18.3 Å². The highest BCUT2D eigenvalue weighted by molar-refractivity contribution is 7.13. The third-order valence-electron chi connectivity index (χ3n) is 5.15. The average molecular weight is 423 g/mol. The van der Waals surface area contributed by atoms with Gasteiger partial charge in [-0.3, -0.25) is 9.59 Å². The number of methoxy groups -OCH3 is 1. The highest BCUT2D eigenvalue weighted by Gasteiger charge is 2.36. The number of carbonyl (C=O) groups excluding carboxylic acids is 2. The van der Waals surface area contributed by atoms with E-state index in [4.69, 9.17) is 0 Å². The zero-order valence-electron chi connectivity index (χ0n) is 16.1. The molecular formula is C20H23F2N3O3S. The van der Waals surface area contributed by atoms with Gasteiger partial charge in [-0.2, -0.15) is 0 Å². The van der Waals surface area contributed by atoms with Gasteiger partial charge in [0.1, 0.15) is 0 Å². The second kappa shape index (κ2) is 9.30. The molecule has 2 aromatic rings. The summed E-state index contributed by atoms with van der Waals surface area (Å²) in [4.78, 5) is 29.2. The fourth-order valence-corrected chi connectivity index (χ4v) is 4.42. The molecule has 29 heavy (non-hydrogen) atoms. The number of aromatic nitrogens is 1. The van der Waals surface area contributed by atoms with Gasteiger partial charge in [-0.25, -0.2) is 13.8 Å². The lowest BCUT2D eigenvalue weighted by atomic mass is 9.69. The van der Waals surface area contributed by atoms with Crippen molar-refractivity contribution in [2.75, 3.05) is 17.7 Å². The number of amides is 2. The summed E-state index contributed by atoms with van der Waals surface area (Å²) < 4.78 is 32.4. The molecule has 1 fully saturated rings. The van der Waals surface area contributed by atoms with Crippen molar-refractivity contribution >= 4 is 34.0 Å². The molecule has 1 aromatic heterocycles. The number of hydrogen-bond acceptors (Lipinski definition) is 5. The van der Waals surface area contributed by atoms with Crippen LogP contribution in [-0.2, 0) is 9.59 Å². The SMILES string of the molecule is COc1c(F)cc(NC(=O)CC2(CC(=O)Nc3nccs3)CCCCC2)cc1F. The van der Waals surface area contributed by atoms with E-state index in [1.54, 1.807) is 11.6 Å². The van der Waals surface area contributed by atoms with Crippen molar-refractivity contribution in [2.45, 2.75) is 44.9 Å². The molecule has 2 amide bonds. The van der Waals surface area contributed by atoms with E-state index in [1.165, 1.54) is 18.4 Å². The lowest BCUT2D eigenvalue weighted by Gasteiger charge is -2.36. The van der Waals surface area contributed by atoms with E-state index in [1.807, 2.05) is 0 Å². The van der Waals surface area contributed by atoms with E-state index in [9.17, 15) is 18.4 Å². The van der Waals surface area contributed by atoms with Crippen LogP contribution in [0.3, 0.4) is 0 Å². The van der Waals surface area contributed by atoms with E-state index in [2.05, 4.69) is 20.4 Å². The monoisotopic (exact) mass is 423 g/mol. The zero-order valence-corrected chi connectivity index (χ0v) is 16.9. The minimum atomic E-state index is -0.891. The van der Waals surface area contributed by atoms with Crippen LogP contribution >= 0.6 is 11.3 Å². The first-order valence-electron chi connectivity index (χ1n) is 9.43. The molecular weight excluding hydrogens is 400 g/mol. The van der Waals surface area contributed by atoms with Crippen LogP contribution in [0.15, 0.2) is 23.7 Å². The number of rotatable bonds is 7. The number of thiazole rings is 1.